The Kier molecular flexibility index (Phi) is 7.04. The van der Waals surface area contributed by atoms with E-state index in [9.17, 15) is 4.79 Å². The van der Waals surface area contributed by atoms with E-state index in [4.69, 9.17) is 4.37 Å². The maximum Gasteiger partial charge on any atom is 0.319 e. The molecular weight excluding hydrogens is 406 g/mol. The smallest absolute Gasteiger partial charge is 0.319 e. The second-order valence-corrected chi connectivity index (χ2v) is 8.99. The molecule has 31 heavy (non-hydrogen) atoms. The molecule has 1 saturated heterocycles. The van der Waals surface area contributed by atoms with E-state index in [1.54, 1.807) is 11.5 Å². The highest BCUT2D eigenvalue weighted by atomic mass is 32.1. The predicted molar refractivity (Wildman–Crippen MR) is 130 cm³/mol. The highest BCUT2D eigenvalue weighted by Gasteiger charge is 2.20. The van der Waals surface area contributed by atoms with Gasteiger partial charge in [-0.1, -0.05) is 31.2 Å². The SMILES string of the molecule is CCC(C)NC(=O)Nc1cccc(CCN2CCN(c3nsc4ccccc34)CC2)c1. The van der Waals surface area contributed by atoms with Crippen molar-refractivity contribution in [2.45, 2.75) is 32.7 Å². The lowest BCUT2D eigenvalue weighted by Crippen LogP contribution is -2.47. The second-order valence-electron chi connectivity index (χ2n) is 8.19. The molecule has 0 spiro atoms. The number of amides is 2. The van der Waals surface area contributed by atoms with Gasteiger partial charge in [0.15, 0.2) is 0 Å². The van der Waals surface area contributed by atoms with E-state index in [1.165, 1.54) is 15.6 Å². The zero-order valence-electron chi connectivity index (χ0n) is 18.3. The summed E-state index contributed by atoms with van der Waals surface area (Å²) in [5, 5.41) is 7.15. The molecule has 1 fully saturated rings. The molecule has 0 aliphatic carbocycles. The molecule has 1 aliphatic rings. The lowest BCUT2D eigenvalue weighted by atomic mass is 10.1. The fraction of sp³-hybridized carbons (Fsp3) is 0.417. The number of nitrogens with zero attached hydrogens (tertiary/aromatic N) is 3. The minimum atomic E-state index is -0.141. The van der Waals surface area contributed by atoms with Crippen molar-refractivity contribution in [2.24, 2.45) is 0 Å². The van der Waals surface area contributed by atoms with E-state index in [2.05, 4.69) is 63.8 Å². The van der Waals surface area contributed by atoms with Gasteiger partial charge in [0.25, 0.3) is 0 Å². The first-order valence-corrected chi connectivity index (χ1v) is 11.9. The summed E-state index contributed by atoms with van der Waals surface area (Å²) in [6.45, 7) is 9.18. The number of hydrogen-bond acceptors (Lipinski definition) is 5. The summed E-state index contributed by atoms with van der Waals surface area (Å²) in [5.41, 5.74) is 2.09. The molecule has 2 N–H and O–H groups in total. The number of fused-ring (bicyclic) bond motifs is 1. The van der Waals surface area contributed by atoms with E-state index in [1.807, 2.05) is 19.1 Å². The van der Waals surface area contributed by atoms with E-state index in [0.29, 0.717) is 0 Å². The highest BCUT2D eigenvalue weighted by Crippen LogP contribution is 2.29. The van der Waals surface area contributed by atoms with Crippen LogP contribution in [-0.4, -0.2) is 54.1 Å². The Morgan fingerprint density at radius 3 is 2.74 bits per heavy atom. The summed E-state index contributed by atoms with van der Waals surface area (Å²) < 4.78 is 5.96. The first-order chi connectivity index (χ1) is 15.1. The monoisotopic (exact) mass is 437 g/mol. The van der Waals surface area contributed by atoms with Crippen LogP contribution in [0.25, 0.3) is 10.1 Å². The van der Waals surface area contributed by atoms with Crippen molar-refractivity contribution < 1.29 is 4.79 Å². The zero-order chi connectivity index (χ0) is 21.6. The summed E-state index contributed by atoms with van der Waals surface area (Å²) in [6, 6.07) is 16.7. The molecule has 2 heterocycles. The topological polar surface area (TPSA) is 60.5 Å². The number of rotatable bonds is 7. The van der Waals surface area contributed by atoms with Crippen LogP contribution in [0.15, 0.2) is 48.5 Å². The molecule has 0 bridgehead atoms. The maximum absolute atomic E-state index is 12.1. The fourth-order valence-corrected chi connectivity index (χ4v) is 4.66. The first-order valence-electron chi connectivity index (χ1n) is 11.1. The van der Waals surface area contributed by atoms with Crippen LogP contribution in [0.1, 0.15) is 25.8 Å². The lowest BCUT2D eigenvalue weighted by molar-refractivity contribution is 0.249. The Morgan fingerprint density at radius 1 is 1.13 bits per heavy atom. The fourth-order valence-electron chi connectivity index (χ4n) is 3.87. The number of carbonyl (C=O) groups excluding carboxylic acids is 1. The number of piperazine rings is 1. The maximum atomic E-state index is 12.1. The van der Waals surface area contributed by atoms with Crippen LogP contribution in [0.2, 0.25) is 0 Å². The van der Waals surface area contributed by atoms with Gasteiger partial charge in [-0.2, -0.15) is 4.37 Å². The second kappa shape index (κ2) is 10.1. The summed E-state index contributed by atoms with van der Waals surface area (Å²) in [4.78, 5) is 17.0. The van der Waals surface area contributed by atoms with Crippen molar-refractivity contribution >= 4 is 39.2 Å². The van der Waals surface area contributed by atoms with Crippen molar-refractivity contribution in [3.63, 3.8) is 0 Å². The molecule has 4 rings (SSSR count). The molecule has 7 heteroatoms. The minimum absolute atomic E-state index is 0.141. The first kappa shape index (κ1) is 21.6. The predicted octanol–water partition coefficient (Wildman–Crippen LogP) is 4.58. The average Bonchev–Trinajstić information content (AvgIpc) is 3.22. The average molecular weight is 438 g/mol. The van der Waals surface area contributed by atoms with E-state index < -0.39 is 0 Å². The van der Waals surface area contributed by atoms with Crippen LogP contribution in [0.3, 0.4) is 0 Å². The van der Waals surface area contributed by atoms with Gasteiger partial charge in [0, 0.05) is 49.8 Å². The summed E-state index contributed by atoms with van der Waals surface area (Å²) in [7, 11) is 0. The molecular formula is C24H31N5OS. The van der Waals surface area contributed by atoms with Crippen LogP contribution in [0, 0.1) is 0 Å². The van der Waals surface area contributed by atoms with Crippen molar-refractivity contribution in [2.75, 3.05) is 42.9 Å². The van der Waals surface area contributed by atoms with Crippen LogP contribution in [0.4, 0.5) is 16.3 Å². The largest absolute Gasteiger partial charge is 0.353 e. The van der Waals surface area contributed by atoms with Gasteiger partial charge in [0.05, 0.1) is 4.70 Å². The quantitative estimate of drug-likeness (QED) is 0.568. The van der Waals surface area contributed by atoms with Crippen molar-refractivity contribution in [3.8, 4) is 0 Å². The van der Waals surface area contributed by atoms with Gasteiger partial charge in [-0.3, -0.25) is 4.90 Å². The molecule has 0 saturated carbocycles. The molecule has 1 unspecified atom stereocenters. The molecule has 6 nitrogen and oxygen atoms in total. The summed E-state index contributed by atoms with van der Waals surface area (Å²) >= 11 is 1.59. The standard InChI is InChI=1S/C24H31N5OS/c1-3-18(2)25-24(30)26-20-8-6-7-19(17-20)11-12-28-13-15-29(16-14-28)23-21-9-4-5-10-22(21)31-27-23/h4-10,17-18H,3,11-16H2,1-2H3,(H2,25,26,30). The van der Waals surface area contributed by atoms with Crippen molar-refractivity contribution in [1.29, 1.82) is 0 Å². The van der Waals surface area contributed by atoms with Gasteiger partial charge < -0.3 is 15.5 Å². The number of benzene rings is 2. The Labute approximate surface area is 188 Å². The third kappa shape index (κ3) is 5.54. The normalized spacial score (nSPS) is 15.7. The molecule has 1 aromatic heterocycles. The van der Waals surface area contributed by atoms with E-state index >= 15 is 0 Å². The van der Waals surface area contributed by atoms with Crippen molar-refractivity contribution in [3.05, 3.63) is 54.1 Å². The van der Waals surface area contributed by atoms with Gasteiger partial charge in [-0.05, 0) is 61.1 Å². The molecule has 164 valence electrons. The van der Waals surface area contributed by atoms with Crippen LogP contribution in [-0.2, 0) is 6.42 Å². The lowest BCUT2D eigenvalue weighted by Gasteiger charge is -2.35. The highest BCUT2D eigenvalue weighted by molar-refractivity contribution is 7.13. The van der Waals surface area contributed by atoms with Gasteiger partial charge in [-0.25, -0.2) is 4.79 Å². The molecule has 0 radical (unpaired) electrons. The third-order valence-corrected chi connectivity index (χ3v) is 6.74. The van der Waals surface area contributed by atoms with Gasteiger partial charge >= 0.3 is 6.03 Å². The number of nitrogens with one attached hydrogen (secondary N) is 2. The number of carbonyl (C=O) groups is 1. The number of aromatic nitrogens is 1. The van der Waals surface area contributed by atoms with Gasteiger partial charge in [0.2, 0.25) is 0 Å². The van der Waals surface area contributed by atoms with E-state index in [0.717, 1.165) is 57.1 Å². The van der Waals surface area contributed by atoms with Crippen LogP contribution >= 0.6 is 11.5 Å². The van der Waals surface area contributed by atoms with Crippen LogP contribution < -0.4 is 15.5 Å². The molecule has 2 aromatic carbocycles. The minimum Gasteiger partial charge on any atom is -0.353 e. The number of hydrogen-bond donors (Lipinski definition) is 2. The van der Waals surface area contributed by atoms with E-state index in [-0.39, 0.29) is 12.1 Å². The number of anilines is 2. The van der Waals surface area contributed by atoms with Crippen molar-refractivity contribution in [1.82, 2.24) is 14.6 Å². The Morgan fingerprint density at radius 2 is 1.94 bits per heavy atom. The van der Waals surface area contributed by atoms with Gasteiger partial charge in [-0.15, -0.1) is 0 Å². The van der Waals surface area contributed by atoms with Gasteiger partial charge in [0.1, 0.15) is 5.82 Å². The Bertz CT molecular complexity index is 1010. The Balaban J connectivity index is 1.26. The molecule has 1 aliphatic heterocycles. The number of urea groups is 1. The van der Waals surface area contributed by atoms with Crippen LogP contribution in [0.5, 0.6) is 0 Å². The zero-order valence-corrected chi connectivity index (χ0v) is 19.1. The molecule has 1 atom stereocenters. The molecule has 2 amide bonds. The summed E-state index contributed by atoms with van der Waals surface area (Å²) in [5.74, 6) is 1.13. The summed E-state index contributed by atoms with van der Waals surface area (Å²) in [6.07, 6.45) is 1.89. The Hall–Kier alpha value is -2.64. The third-order valence-electron chi connectivity index (χ3n) is 5.92. The molecule has 3 aromatic rings.